The van der Waals surface area contributed by atoms with Crippen LogP contribution in [0, 0.1) is 0 Å². The van der Waals surface area contributed by atoms with Crippen LogP contribution in [0.5, 0.6) is 0 Å². The number of pyridine rings is 1. The van der Waals surface area contributed by atoms with Crippen molar-refractivity contribution in [1.82, 2.24) is 10.3 Å². The van der Waals surface area contributed by atoms with Gasteiger partial charge < -0.3 is 10.4 Å². The number of nitrogens with one attached hydrogen (secondary N) is 1. The maximum absolute atomic E-state index is 10.7. The van der Waals surface area contributed by atoms with Crippen LogP contribution < -0.4 is 5.32 Å². The molecular formula is C10H12N2O2. The summed E-state index contributed by atoms with van der Waals surface area (Å²) in [7, 11) is 0. The van der Waals surface area contributed by atoms with Gasteiger partial charge in [-0.15, -0.1) is 0 Å². The summed E-state index contributed by atoms with van der Waals surface area (Å²) < 4.78 is 0. The van der Waals surface area contributed by atoms with Gasteiger partial charge in [0.25, 0.3) is 0 Å². The summed E-state index contributed by atoms with van der Waals surface area (Å²) in [5, 5.41) is 12.0. The zero-order valence-electron chi connectivity index (χ0n) is 7.73. The summed E-state index contributed by atoms with van der Waals surface area (Å²) in [4.78, 5) is 14.7. The molecule has 74 valence electrons. The lowest BCUT2D eigenvalue weighted by Gasteiger charge is -2.07. The average molecular weight is 192 g/mol. The van der Waals surface area contributed by atoms with Crippen molar-refractivity contribution in [3.8, 4) is 0 Å². The van der Waals surface area contributed by atoms with E-state index in [9.17, 15) is 4.79 Å². The van der Waals surface area contributed by atoms with Gasteiger partial charge in [0.05, 0.1) is 5.56 Å². The van der Waals surface area contributed by atoms with Gasteiger partial charge in [0.15, 0.2) is 0 Å². The minimum absolute atomic E-state index is 0.273. The first-order chi connectivity index (χ1) is 6.77. The highest BCUT2D eigenvalue weighted by molar-refractivity contribution is 5.87. The fourth-order valence-corrected chi connectivity index (χ4v) is 1.74. The van der Waals surface area contributed by atoms with Gasteiger partial charge in [0.1, 0.15) is 0 Å². The van der Waals surface area contributed by atoms with Gasteiger partial charge in [-0.3, -0.25) is 4.98 Å². The van der Waals surface area contributed by atoms with E-state index >= 15 is 0 Å². The lowest BCUT2D eigenvalue weighted by Crippen LogP contribution is -2.09. The Morgan fingerprint density at radius 3 is 3.07 bits per heavy atom. The fourth-order valence-electron chi connectivity index (χ4n) is 1.74. The van der Waals surface area contributed by atoms with Gasteiger partial charge >= 0.3 is 5.97 Å². The number of aromatic carboxylic acids is 1. The molecule has 0 bridgehead atoms. The van der Waals surface area contributed by atoms with Crippen LogP contribution in [0.2, 0.25) is 0 Å². The molecule has 1 unspecified atom stereocenters. The topological polar surface area (TPSA) is 62.2 Å². The zero-order valence-corrected chi connectivity index (χ0v) is 7.73. The second kappa shape index (κ2) is 3.75. The van der Waals surface area contributed by atoms with E-state index in [0.717, 1.165) is 25.1 Å². The van der Waals surface area contributed by atoms with Crippen LogP contribution in [0.1, 0.15) is 28.3 Å². The molecule has 0 radical (unpaired) electrons. The van der Waals surface area contributed by atoms with E-state index in [1.165, 1.54) is 6.20 Å². The minimum Gasteiger partial charge on any atom is -0.478 e. The Morgan fingerprint density at radius 2 is 2.43 bits per heavy atom. The van der Waals surface area contributed by atoms with Crippen LogP contribution in [0.4, 0.5) is 0 Å². The number of aromatic nitrogens is 1. The molecule has 1 saturated heterocycles. The fraction of sp³-hybridized carbons (Fsp3) is 0.400. The van der Waals surface area contributed by atoms with Crippen molar-refractivity contribution in [3.63, 3.8) is 0 Å². The zero-order chi connectivity index (χ0) is 9.97. The molecule has 4 nitrogen and oxygen atoms in total. The van der Waals surface area contributed by atoms with Gasteiger partial charge in [-0.25, -0.2) is 4.79 Å². The summed E-state index contributed by atoms with van der Waals surface area (Å²) in [6.45, 7) is 1.92. The Kier molecular flexibility index (Phi) is 2.45. The standard InChI is InChI=1S/C10H12N2O2/c13-10(14)9-3-8(5-12-6-9)7-1-2-11-4-7/h3,5-7,11H,1-2,4H2,(H,13,14). The van der Waals surface area contributed by atoms with E-state index in [2.05, 4.69) is 10.3 Å². The number of carboxylic acid groups (broad SMARTS) is 1. The highest BCUT2D eigenvalue weighted by Gasteiger charge is 2.17. The summed E-state index contributed by atoms with van der Waals surface area (Å²) in [6, 6.07) is 1.72. The molecule has 0 aromatic carbocycles. The molecule has 0 aliphatic carbocycles. The quantitative estimate of drug-likeness (QED) is 0.729. The maximum Gasteiger partial charge on any atom is 0.337 e. The number of carboxylic acids is 1. The van der Waals surface area contributed by atoms with Crippen LogP contribution in [-0.2, 0) is 0 Å². The highest BCUT2D eigenvalue weighted by atomic mass is 16.4. The number of rotatable bonds is 2. The number of carbonyl (C=O) groups is 1. The van der Waals surface area contributed by atoms with Gasteiger partial charge in [-0.1, -0.05) is 0 Å². The van der Waals surface area contributed by atoms with Gasteiger partial charge in [0, 0.05) is 18.9 Å². The first-order valence-electron chi connectivity index (χ1n) is 4.66. The van der Waals surface area contributed by atoms with E-state index in [-0.39, 0.29) is 5.56 Å². The Labute approximate surface area is 82.0 Å². The minimum atomic E-state index is -0.912. The van der Waals surface area contributed by atoms with E-state index in [1.807, 2.05) is 0 Å². The van der Waals surface area contributed by atoms with Crippen molar-refractivity contribution < 1.29 is 9.90 Å². The monoisotopic (exact) mass is 192 g/mol. The second-order valence-electron chi connectivity index (χ2n) is 3.50. The lowest BCUT2D eigenvalue weighted by molar-refractivity contribution is 0.0696. The average Bonchev–Trinajstić information content (AvgIpc) is 2.71. The molecule has 1 aliphatic heterocycles. The molecule has 1 aromatic rings. The molecule has 0 spiro atoms. The van der Waals surface area contributed by atoms with Crippen molar-refractivity contribution in [2.75, 3.05) is 13.1 Å². The Bertz CT molecular complexity index is 346. The molecule has 1 aromatic heterocycles. The molecule has 1 aliphatic rings. The molecule has 2 heterocycles. The van der Waals surface area contributed by atoms with Crippen LogP contribution in [0.25, 0.3) is 0 Å². The number of hydrogen-bond acceptors (Lipinski definition) is 3. The van der Waals surface area contributed by atoms with E-state index in [4.69, 9.17) is 5.11 Å². The van der Waals surface area contributed by atoms with E-state index in [0.29, 0.717) is 5.92 Å². The summed E-state index contributed by atoms with van der Waals surface area (Å²) in [6.07, 6.45) is 4.20. The highest BCUT2D eigenvalue weighted by Crippen LogP contribution is 2.21. The molecule has 2 N–H and O–H groups in total. The van der Waals surface area contributed by atoms with Crippen molar-refractivity contribution >= 4 is 5.97 Å². The lowest BCUT2D eigenvalue weighted by atomic mass is 9.99. The summed E-state index contributed by atoms with van der Waals surface area (Å²) in [5.41, 5.74) is 1.30. The van der Waals surface area contributed by atoms with E-state index < -0.39 is 5.97 Å². The molecule has 4 heteroatoms. The first kappa shape index (κ1) is 9.15. The maximum atomic E-state index is 10.7. The summed E-state index contributed by atoms with van der Waals surface area (Å²) >= 11 is 0. The SMILES string of the molecule is O=C(O)c1cncc(C2CCNC2)c1. The third kappa shape index (κ3) is 1.75. The van der Waals surface area contributed by atoms with Crippen molar-refractivity contribution in [3.05, 3.63) is 29.6 Å². The molecule has 0 amide bonds. The van der Waals surface area contributed by atoms with Crippen LogP contribution in [-0.4, -0.2) is 29.1 Å². The predicted molar refractivity (Wildman–Crippen MR) is 51.4 cm³/mol. The molecule has 2 rings (SSSR count). The Morgan fingerprint density at radius 1 is 1.57 bits per heavy atom. The number of hydrogen-bond donors (Lipinski definition) is 2. The van der Waals surface area contributed by atoms with Crippen LogP contribution in [0.3, 0.4) is 0 Å². The van der Waals surface area contributed by atoms with E-state index in [1.54, 1.807) is 12.3 Å². The predicted octanol–water partition coefficient (Wildman–Crippen LogP) is 0.857. The van der Waals surface area contributed by atoms with Crippen molar-refractivity contribution in [2.45, 2.75) is 12.3 Å². The Hall–Kier alpha value is -1.42. The van der Waals surface area contributed by atoms with Crippen LogP contribution in [0.15, 0.2) is 18.5 Å². The molecule has 14 heavy (non-hydrogen) atoms. The third-order valence-electron chi connectivity index (χ3n) is 2.54. The molecular weight excluding hydrogens is 180 g/mol. The van der Waals surface area contributed by atoms with Crippen molar-refractivity contribution in [2.24, 2.45) is 0 Å². The van der Waals surface area contributed by atoms with Gasteiger partial charge in [0.2, 0.25) is 0 Å². The smallest absolute Gasteiger partial charge is 0.337 e. The molecule has 0 saturated carbocycles. The van der Waals surface area contributed by atoms with Gasteiger partial charge in [-0.05, 0) is 30.5 Å². The first-order valence-corrected chi connectivity index (χ1v) is 4.66. The Balaban J connectivity index is 2.25. The molecule has 1 fully saturated rings. The summed E-state index contributed by atoms with van der Waals surface area (Å²) in [5.74, 6) is -0.493. The van der Waals surface area contributed by atoms with Crippen molar-refractivity contribution in [1.29, 1.82) is 0 Å². The third-order valence-corrected chi connectivity index (χ3v) is 2.54. The second-order valence-corrected chi connectivity index (χ2v) is 3.50. The molecule has 1 atom stereocenters. The number of nitrogens with zero attached hydrogens (tertiary/aromatic N) is 1. The van der Waals surface area contributed by atoms with Gasteiger partial charge in [-0.2, -0.15) is 0 Å². The van der Waals surface area contributed by atoms with Crippen LogP contribution >= 0.6 is 0 Å². The normalized spacial score (nSPS) is 21.0. The largest absolute Gasteiger partial charge is 0.478 e.